The molecule has 0 aromatic heterocycles. The van der Waals surface area contributed by atoms with Gasteiger partial charge in [0.2, 0.25) is 0 Å². The molecule has 3 aliphatic rings. The zero-order valence-electron chi connectivity index (χ0n) is 16.8. The van der Waals surface area contributed by atoms with E-state index in [1.807, 2.05) is 18.2 Å². The summed E-state index contributed by atoms with van der Waals surface area (Å²) in [5.74, 6) is -0.175. The van der Waals surface area contributed by atoms with E-state index in [0.29, 0.717) is 22.8 Å². The standard InChI is InChI=1S/C24H22ClN3O3/c25-22-14-23-20(21(24(29)26-23)12-16-2-1-7-28(30)15-16)13-19(22)17-3-5-18(6-4-17)27-8-10-31-11-9-27/h1-7,12-14,30H,8-11,15H2,(H,26,29). The van der Waals surface area contributed by atoms with Gasteiger partial charge >= 0.3 is 0 Å². The van der Waals surface area contributed by atoms with Crippen molar-refractivity contribution in [3.8, 4) is 11.1 Å². The van der Waals surface area contributed by atoms with Gasteiger partial charge in [-0.05, 0) is 47.6 Å². The molecule has 6 nitrogen and oxygen atoms in total. The average molecular weight is 436 g/mol. The third kappa shape index (κ3) is 3.97. The van der Waals surface area contributed by atoms with Crippen molar-refractivity contribution in [2.75, 3.05) is 43.1 Å². The Morgan fingerprint density at radius 1 is 1.10 bits per heavy atom. The summed E-state index contributed by atoms with van der Waals surface area (Å²) in [5.41, 5.74) is 5.93. The lowest BCUT2D eigenvalue weighted by molar-refractivity contribution is -0.110. The predicted molar refractivity (Wildman–Crippen MR) is 122 cm³/mol. The summed E-state index contributed by atoms with van der Waals surface area (Å²) in [4.78, 5) is 14.9. The van der Waals surface area contributed by atoms with E-state index < -0.39 is 0 Å². The summed E-state index contributed by atoms with van der Waals surface area (Å²) in [6.07, 6.45) is 7.01. The molecule has 0 aliphatic carbocycles. The quantitative estimate of drug-likeness (QED) is 0.703. The number of rotatable bonds is 3. The zero-order chi connectivity index (χ0) is 21.4. The average Bonchev–Trinajstić information content (AvgIpc) is 3.08. The van der Waals surface area contributed by atoms with Crippen LogP contribution in [0.1, 0.15) is 5.56 Å². The lowest BCUT2D eigenvalue weighted by Gasteiger charge is -2.29. The maximum absolute atomic E-state index is 12.6. The number of amides is 1. The Morgan fingerprint density at radius 2 is 1.87 bits per heavy atom. The number of nitrogens with one attached hydrogen (secondary N) is 1. The summed E-state index contributed by atoms with van der Waals surface area (Å²) < 4.78 is 5.43. The number of hydrogen-bond donors (Lipinski definition) is 2. The smallest absolute Gasteiger partial charge is 0.256 e. The Bertz CT molecular complexity index is 1120. The first kappa shape index (κ1) is 19.9. The highest BCUT2D eigenvalue weighted by molar-refractivity contribution is 6.36. The van der Waals surface area contributed by atoms with E-state index in [9.17, 15) is 10.0 Å². The Morgan fingerprint density at radius 3 is 2.61 bits per heavy atom. The van der Waals surface area contributed by atoms with Crippen LogP contribution in [0.5, 0.6) is 0 Å². The largest absolute Gasteiger partial charge is 0.378 e. The van der Waals surface area contributed by atoms with Crippen molar-refractivity contribution in [1.29, 1.82) is 0 Å². The molecule has 1 fully saturated rings. The molecule has 3 heterocycles. The molecule has 31 heavy (non-hydrogen) atoms. The maximum Gasteiger partial charge on any atom is 0.256 e. The van der Waals surface area contributed by atoms with E-state index in [-0.39, 0.29) is 5.91 Å². The van der Waals surface area contributed by atoms with Gasteiger partial charge in [-0.3, -0.25) is 15.1 Å². The minimum absolute atomic E-state index is 0.175. The Balaban J connectivity index is 1.48. The summed E-state index contributed by atoms with van der Waals surface area (Å²) in [5, 5.41) is 14.3. The number of allylic oxidation sites excluding steroid dienone is 2. The first-order chi connectivity index (χ1) is 15.1. The van der Waals surface area contributed by atoms with Crippen LogP contribution in [0.3, 0.4) is 0 Å². The van der Waals surface area contributed by atoms with E-state index in [0.717, 1.165) is 59.3 Å². The first-order valence-electron chi connectivity index (χ1n) is 10.2. The number of carbonyl (C=O) groups excluding carboxylic acids is 1. The van der Waals surface area contributed by atoms with Crippen LogP contribution in [0, 0.1) is 0 Å². The lowest BCUT2D eigenvalue weighted by atomic mass is 9.97. The normalized spacial score (nSPS) is 19.5. The van der Waals surface area contributed by atoms with Crippen molar-refractivity contribution in [3.05, 3.63) is 77.0 Å². The van der Waals surface area contributed by atoms with Crippen molar-refractivity contribution in [3.63, 3.8) is 0 Å². The molecule has 5 rings (SSSR count). The highest BCUT2D eigenvalue weighted by Crippen LogP contribution is 2.40. The minimum Gasteiger partial charge on any atom is -0.378 e. The van der Waals surface area contributed by atoms with Gasteiger partial charge in [0.25, 0.3) is 5.91 Å². The van der Waals surface area contributed by atoms with Gasteiger partial charge in [0.1, 0.15) is 0 Å². The fourth-order valence-corrected chi connectivity index (χ4v) is 4.36. The fourth-order valence-electron chi connectivity index (χ4n) is 4.09. The molecule has 1 saturated heterocycles. The second-order valence-electron chi connectivity index (χ2n) is 7.72. The molecule has 1 amide bonds. The Labute approximate surface area is 185 Å². The monoisotopic (exact) mass is 435 g/mol. The molecule has 2 aromatic carbocycles. The molecule has 3 aliphatic heterocycles. The van der Waals surface area contributed by atoms with Crippen LogP contribution in [0.2, 0.25) is 5.02 Å². The highest BCUT2D eigenvalue weighted by Gasteiger charge is 2.26. The number of anilines is 2. The lowest BCUT2D eigenvalue weighted by Crippen LogP contribution is -2.36. The molecule has 0 bridgehead atoms. The van der Waals surface area contributed by atoms with Crippen molar-refractivity contribution in [2.24, 2.45) is 0 Å². The van der Waals surface area contributed by atoms with E-state index >= 15 is 0 Å². The van der Waals surface area contributed by atoms with Crippen LogP contribution in [0.4, 0.5) is 11.4 Å². The Hall–Kier alpha value is -3.06. The number of morpholine rings is 1. The van der Waals surface area contributed by atoms with Crippen LogP contribution in [0.25, 0.3) is 16.7 Å². The third-order valence-electron chi connectivity index (χ3n) is 5.69. The van der Waals surface area contributed by atoms with Gasteiger partial charge in [-0.25, -0.2) is 0 Å². The van der Waals surface area contributed by atoms with E-state index in [1.165, 1.54) is 0 Å². The zero-order valence-corrected chi connectivity index (χ0v) is 17.6. The summed E-state index contributed by atoms with van der Waals surface area (Å²) in [7, 11) is 0. The van der Waals surface area contributed by atoms with Crippen molar-refractivity contribution in [1.82, 2.24) is 5.06 Å². The van der Waals surface area contributed by atoms with Crippen LogP contribution >= 0.6 is 11.6 Å². The second kappa shape index (κ2) is 8.23. The molecule has 158 valence electrons. The van der Waals surface area contributed by atoms with Crippen LogP contribution in [-0.4, -0.2) is 49.0 Å². The number of hydroxylamine groups is 2. The van der Waals surface area contributed by atoms with Gasteiger partial charge < -0.3 is 15.0 Å². The molecule has 0 unspecified atom stereocenters. The number of ether oxygens (including phenoxy) is 1. The van der Waals surface area contributed by atoms with Gasteiger partial charge in [-0.2, -0.15) is 0 Å². The maximum atomic E-state index is 12.6. The summed E-state index contributed by atoms with van der Waals surface area (Å²) in [6, 6.07) is 12.1. The number of benzene rings is 2. The first-order valence-corrected chi connectivity index (χ1v) is 10.6. The van der Waals surface area contributed by atoms with Gasteiger partial charge in [0, 0.05) is 41.7 Å². The number of fused-ring (bicyclic) bond motifs is 1. The highest BCUT2D eigenvalue weighted by atomic mass is 35.5. The van der Waals surface area contributed by atoms with Gasteiger partial charge in [-0.15, -0.1) is 0 Å². The van der Waals surface area contributed by atoms with E-state index in [4.69, 9.17) is 16.3 Å². The summed E-state index contributed by atoms with van der Waals surface area (Å²) >= 11 is 6.58. The molecule has 2 aromatic rings. The van der Waals surface area contributed by atoms with Gasteiger partial charge in [0.05, 0.1) is 30.5 Å². The fraction of sp³-hybridized carbons (Fsp3) is 0.208. The molecule has 0 saturated carbocycles. The van der Waals surface area contributed by atoms with E-state index in [1.54, 1.807) is 18.3 Å². The molecular weight excluding hydrogens is 414 g/mol. The number of halogens is 1. The predicted octanol–water partition coefficient (Wildman–Crippen LogP) is 4.32. The topological polar surface area (TPSA) is 65.0 Å². The number of nitrogens with zero attached hydrogens (tertiary/aromatic N) is 2. The summed E-state index contributed by atoms with van der Waals surface area (Å²) in [6.45, 7) is 3.59. The van der Waals surface area contributed by atoms with Crippen LogP contribution in [-0.2, 0) is 9.53 Å². The Kier molecular flexibility index (Phi) is 5.28. The number of hydrogen-bond acceptors (Lipinski definition) is 5. The molecule has 2 N–H and O–H groups in total. The molecule has 0 radical (unpaired) electrons. The third-order valence-corrected chi connectivity index (χ3v) is 6.00. The minimum atomic E-state index is -0.175. The molecule has 0 atom stereocenters. The van der Waals surface area contributed by atoms with E-state index in [2.05, 4.69) is 34.5 Å². The van der Waals surface area contributed by atoms with Crippen molar-refractivity contribution < 1.29 is 14.7 Å². The molecular formula is C24H22ClN3O3. The molecule has 7 heteroatoms. The van der Waals surface area contributed by atoms with Crippen LogP contribution in [0.15, 0.2) is 66.4 Å². The van der Waals surface area contributed by atoms with Crippen molar-refractivity contribution in [2.45, 2.75) is 0 Å². The van der Waals surface area contributed by atoms with Crippen molar-refractivity contribution >= 4 is 34.5 Å². The van der Waals surface area contributed by atoms with Crippen LogP contribution < -0.4 is 10.2 Å². The van der Waals surface area contributed by atoms with Gasteiger partial charge in [-0.1, -0.05) is 29.8 Å². The second-order valence-corrected chi connectivity index (χ2v) is 8.12. The SMILES string of the molecule is O=C1Nc2cc(Cl)c(-c3ccc(N4CCOCC4)cc3)cc2C1=CC1=CC=CN(O)C1. The molecule has 0 spiro atoms. The number of carbonyl (C=O) groups is 1. The van der Waals surface area contributed by atoms with Gasteiger partial charge in [0.15, 0.2) is 0 Å².